The van der Waals surface area contributed by atoms with Crippen LogP contribution in [0, 0.1) is 0 Å². The van der Waals surface area contributed by atoms with Gasteiger partial charge >= 0.3 is 0 Å². The van der Waals surface area contributed by atoms with E-state index in [1.807, 2.05) is 18.2 Å². The number of para-hydroxylation sites is 1. The smallest absolute Gasteiger partial charge is 0.242 e. The average Bonchev–Trinajstić information content (AvgIpc) is 2.48. The maximum Gasteiger partial charge on any atom is 0.242 e. The van der Waals surface area contributed by atoms with E-state index in [2.05, 4.69) is 16.2 Å². The van der Waals surface area contributed by atoms with Gasteiger partial charge in [0, 0.05) is 12.5 Å². The normalized spacial score (nSPS) is 16.9. The van der Waals surface area contributed by atoms with Crippen LogP contribution in [0.2, 0.25) is 0 Å². The summed E-state index contributed by atoms with van der Waals surface area (Å²) < 4.78 is 27.4. The summed E-state index contributed by atoms with van der Waals surface area (Å²) in [6.45, 7) is 0.401. The van der Waals surface area contributed by atoms with Gasteiger partial charge in [-0.05, 0) is 29.7 Å². The summed E-state index contributed by atoms with van der Waals surface area (Å²) in [5.74, 6) is 5.61. The van der Waals surface area contributed by atoms with Gasteiger partial charge < -0.3 is 5.43 Å². The first-order chi connectivity index (χ1) is 10.1. The highest BCUT2D eigenvalue weighted by atomic mass is 32.2. The fraction of sp³-hybridized carbons (Fsp3) is 0.200. The van der Waals surface area contributed by atoms with Crippen LogP contribution in [0.3, 0.4) is 0 Å². The van der Waals surface area contributed by atoms with E-state index in [0.29, 0.717) is 12.2 Å². The quantitative estimate of drug-likeness (QED) is 0.578. The van der Waals surface area contributed by atoms with Crippen molar-refractivity contribution in [3.63, 3.8) is 0 Å². The van der Waals surface area contributed by atoms with Crippen LogP contribution >= 0.6 is 0 Å². The molecule has 21 heavy (non-hydrogen) atoms. The van der Waals surface area contributed by atoms with Crippen molar-refractivity contribution >= 4 is 15.7 Å². The first kappa shape index (κ1) is 14.1. The molecule has 110 valence electrons. The Balaban J connectivity index is 1.73. The second kappa shape index (κ2) is 5.48. The highest BCUT2D eigenvalue weighted by Gasteiger charge is 2.27. The molecule has 0 bridgehead atoms. The zero-order valence-corrected chi connectivity index (χ0v) is 12.2. The summed E-state index contributed by atoms with van der Waals surface area (Å²) >= 11 is 0. The zero-order valence-electron chi connectivity index (χ0n) is 11.4. The number of nitrogens with one attached hydrogen (secondary N) is 2. The molecule has 3 rings (SSSR count). The van der Waals surface area contributed by atoms with Gasteiger partial charge in [-0.3, -0.25) is 5.84 Å². The lowest BCUT2D eigenvalue weighted by atomic mass is 9.78. The summed E-state index contributed by atoms with van der Waals surface area (Å²) in [6, 6.07) is 14.7. The van der Waals surface area contributed by atoms with E-state index in [1.54, 1.807) is 18.2 Å². The first-order valence-electron chi connectivity index (χ1n) is 6.75. The fourth-order valence-corrected chi connectivity index (χ4v) is 3.90. The number of nitrogens with two attached hydrogens (primary N) is 1. The molecule has 2 aromatic rings. The van der Waals surface area contributed by atoms with Crippen molar-refractivity contribution in [2.75, 3.05) is 12.0 Å². The van der Waals surface area contributed by atoms with Crippen molar-refractivity contribution in [2.45, 2.75) is 17.2 Å². The summed E-state index contributed by atoms with van der Waals surface area (Å²) in [4.78, 5) is 0.167. The van der Waals surface area contributed by atoms with Crippen LogP contribution < -0.4 is 16.0 Å². The van der Waals surface area contributed by atoms with E-state index in [4.69, 9.17) is 5.84 Å². The van der Waals surface area contributed by atoms with Crippen LogP contribution in [0.5, 0.6) is 0 Å². The minimum absolute atomic E-state index is 0.167. The lowest BCUT2D eigenvalue weighted by molar-refractivity contribution is 0.552. The first-order valence-corrected chi connectivity index (χ1v) is 8.23. The fourth-order valence-electron chi connectivity index (χ4n) is 2.65. The highest BCUT2D eigenvalue weighted by Crippen LogP contribution is 2.34. The molecule has 0 radical (unpaired) electrons. The largest absolute Gasteiger partial charge is 0.323 e. The third-order valence-corrected chi connectivity index (χ3v) is 5.29. The van der Waals surface area contributed by atoms with Crippen molar-refractivity contribution in [1.82, 2.24) is 4.72 Å². The van der Waals surface area contributed by atoms with Gasteiger partial charge in [0.05, 0.1) is 5.69 Å². The Labute approximate surface area is 124 Å². The van der Waals surface area contributed by atoms with E-state index in [0.717, 1.165) is 6.42 Å². The summed E-state index contributed by atoms with van der Waals surface area (Å²) in [5.41, 5.74) is 5.33. The van der Waals surface area contributed by atoms with E-state index < -0.39 is 10.0 Å². The minimum atomic E-state index is -3.57. The summed E-state index contributed by atoms with van der Waals surface area (Å²) in [6.07, 6.45) is 0.912. The molecule has 0 aromatic heterocycles. The summed E-state index contributed by atoms with van der Waals surface area (Å²) in [5, 5.41) is 0. The topological polar surface area (TPSA) is 84.2 Å². The number of nitrogen functional groups attached to an aromatic ring is 1. The van der Waals surface area contributed by atoms with Gasteiger partial charge in [-0.1, -0.05) is 36.4 Å². The van der Waals surface area contributed by atoms with Crippen molar-refractivity contribution in [2.24, 2.45) is 5.84 Å². The molecule has 6 heteroatoms. The molecule has 0 heterocycles. The monoisotopic (exact) mass is 303 g/mol. The van der Waals surface area contributed by atoms with Crippen LogP contribution in [0.25, 0.3) is 0 Å². The number of fused-ring (bicyclic) bond motifs is 1. The lowest BCUT2D eigenvalue weighted by Gasteiger charge is -2.30. The second-order valence-electron chi connectivity index (χ2n) is 5.09. The Morgan fingerprint density at radius 1 is 1.10 bits per heavy atom. The van der Waals surface area contributed by atoms with Gasteiger partial charge in [0.15, 0.2) is 0 Å². The minimum Gasteiger partial charge on any atom is -0.323 e. The van der Waals surface area contributed by atoms with E-state index >= 15 is 0 Å². The molecule has 0 fully saturated rings. The van der Waals surface area contributed by atoms with E-state index in [-0.39, 0.29) is 10.8 Å². The number of anilines is 1. The van der Waals surface area contributed by atoms with Crippen LogP contribution in [0.15, 0.2) is 53.4 Å². The third-order valence-electron chi connectivity index (χ3n) is 3.81. The number of benzene rings is 2. The number of rotatable bonds is 5. The predicted molar refractivity (Wildman–Crippen MR) is 82.3 cm³/mol. The predicted octanol–water partition coefficient (Wildman–Crippen LogP) is 1.59. The molecule has 2 aromatic carbocycles. The molecule has 0 saturated heterocycles. The van der Waals surface area contributed by atoms with Crippen molar-refractivity contribution in [3.8, 4) is 0 Å². The van der Waals surface area contributed by atoms with Gasteiger partial charge in [-0.15, -0.1) is 0 Å². The zero-order chi connectivity index (χ0) is 14.9. The van der Waals surface area contributed by atoms with E-state index in [1.165, 1.54) is 17.2 Å². The van der Waals surface area contributed by atoms with Crippen LogP contribution in [0.1, 0.15) is 17.0 Å². The highest BCUT2D eigenvalue weighted by molar-refractivity contribution is 7.89. The van der Waals surface area contributed by atoms with Crippen molar-refractivity contribution < 1.29 is 8.42 Å². The van der Waals surface area contributed by atoms with E-state index in [9.17, 15) is 8.42 Å². The summed E-state index contributed by atoms with van der Waals surface area (Å²) in [7, 11) is -3.57. The maximum atomic E-state index is 12.4. The number of sulfonamides is 1. The Kier molecular flexibility index (Phi) is 3.67. The van der Waals surface area contributed by atoms with Crippen LogP contribution in [-0.2, 0) is 16.4 Å². The lowest BCUT2D eigenvalue weighted by Crippen LogP contribution is -2.33. The average molecular weight is 303 g/mol. The Morgan fingerprint density at radius 3 is 2.57 bits per heavy atom. The molecule has 1 atom stereocenters. The van der Waals surface area contributed by atoms with Gasteiger partial charge in [0.25, 0.3) is 0 Å². The van der Waals surface area contributed by atoms with Crippen LogP contribution in [-0.4, -0.2) is 15.0 Å². The Bertz CT molecular complexity index is 759. The van der Waals surface area contributed by atoms with Gasteiger partial charge in [0.1, 0.15) is 4.90 Å². The molecule has 0 saturated carbocycles. The SMILES string of the molecule is NNc1ccccc1S(=O)(=O)NCC1Cc2ccccc21. The molecule has 0 spiro atoms. The molecule has 4 N–H and O–H groups in total. The molecular weight excluding hydrogens is 286 g/mol. The molecule has 1 unspecified atom stereocenters. The molecule has 0 amide bonds. The van der Waals surface area contributed by atoms with Crippen LogP contribution in [0.4, 0.5) is 5.69 Å². The number of hydrogen-bond donors (Lipinski definition) is 3. The maximum absolute atomic E-state index is 12.4. The molecule has 1 aliphatic carbocycles. The van der Waals surface area contributed by atoms with Crippen molar-refractivity contribution in [1.29, 1.82) is 0 Å². The second-order valence-corrected chi connectivity index (χ2v) is 6.83. The third kappa shape index (κ3) is 2.65. The van der Waals surface area contributed by atoms with Gasteiger partial charge in [-0.25, -0.2) is 13.1 Å². The Hall–Kier alpha value is -1.89. The van der Waals surface area contributed by atoms with Gasteiger partial charge in [-0.2, -0.15) is 0 Å². The molecule has 0 aliphatic heterocycles. The number of hydrazine groups is 1. The van der Waals surface area contributed by atoms with Crippen molar-refractivity contribution in [3.05, 3.63) is 59.7 Å². The molecular formula is C15H17N3O2S. The molecule has 5 nitrogen and oxygen atoms in total. The van der Waals surface area contributed by atoms with Gasteiger partial charge in [0.2, 0.25) is 10.0 Å². The Morgan fingerprint density at radius 2 is 1.81 bits per heavy atom. The number of hydrogen-bond acceptors (Lipinski definition) is 4. The standard InChI is InChI=1S/C15H17N3O2S/c16-18-14-7-3-4-8-15(14)21(19,20)17-10-12-9-11-5-1-2-6-13(11)12/h1-8,12,17-18H,9-10,16H2. The molecule has 1 aliphatic rings.